The van der Waals surface area contributed by atoms with Gasteiger partial charge in [-0.2, -0.15) is 0 Å². The van der Waals surface area contributed by atoms with Crippen molar-refractivity contribution in [1.29, 1.82) is 0 Å². The largest absolute Gasteiger partial charge is 0.504 e. The van der Waals surface area contributed by atoms with Crippen LogP contribution >= 0.6 is 0 Å². The molecule has 0 saturated heterocycles. The van der Waals surface area contributed by atoms with Crippen molar-refractivity contribution < 1.29 is 34.4 Å². The van der Waals surface area contributed by atoms with Gasteiger partial charge in [-0.05, 0) is 145 Å². The highest BCUT2D eigenvalue weighted by Gasteiger charge is 2.73. The van der Waals surface area contributed by atoms with Crippen molar-refractivity contribution in [1.82, 2.24) is 0 Å². The minimum atomic E-state index is -0.923. The van der Waals surface area contributed by atoms with Crippen molar-refractivity contribution in [2.45, 2.75) is 171 Å². The second kappa shape index (κ2) is 12.4. The smallest absolute Gasteiger partial charge is 0.165 e. The monoisotopic (exact) mass is 857 g/mol. The minimum Gasteiger partial charge on any atom is -0.504 e. The SMILES string of the molecule is Cc1c2c(cc3c1O[C@@H]1c4c(cc(O)c(O)c4C)[C@]4(C)CC[C@@]5(C)[C@@H]6C[C@@H](C)C(=O)C[C@]6(C)CC[C@]5(C)[C@H]4[C@@H]1O3)C1=CC[C@@]3(C)[C@@H]4C[C@@H](C)C(=O)[C@@H](O)[C@]4(C)CC[C@]3(C)[C@]1(C)C=C2. The number of hydrogen-bond acceptors (Lipinski definition) is 7. The molecule has 0 spiro atoms. The summed E-state index contributed by atoms with van der Waals surface area (Å²) in [7, 11) is 0. The van der Waals surface area contributed by atoms with Crippen LogP contribution in [0.5, 0.6) is 23.0 Å². The quantitative estimate of drug-likeness (QED) is 0.226. The number of phenolic OH excluding ortho intramolecular Hbond substituents is 2. The zero-order chi connectivity index (χ0) is 45.1. The molecule has 11 rings (SSSR count). The highest BCUT2D eigenvalue weighted by Crippen LogP contribution is 2.78. The predicted molar refractivity (Wildman–Crippen MR) is 246 cm³/mol. The van der Waals surface area contributed by atoms with E-state index < -0.39 is 17.6 Å². The zero-order valence-corrected chi connectivity index (χ0v) is 40.1. The first kappa shape index (κ1) is 42.1. The Hall–Kier alpha value is -3.58. The summed E-state index contributed by atoms with van der Waals surface area (Å²) < 4.78 is 15.2. The topological polar surface area (TPSA) is 113 Å². The number of benzene rings is 2. The van der Waals surface area contributed by atoms with Crippen molar-refractivity contribution in [2.75, 3.05) is 0 Å². The van der Waals surface area contributed by atoms with Crippen molar-refractivity contribution in [2.24, 2.45) is 67.5 Å². The average Bonchev–Trinajstić information content (AvgIpc) is 3.23. The maximum Gasteiger partial charge on any atom is 0.165 e. The van der Waals surface area contributed by atoms with E-state index in [0.717, 1.165) is 91.5 Å². The average molecular weight is 857 g/mol. The highest BCUT2D eigenvalue weighted by molar-refractivity contribution is 5.89. The van der Waals surface area contributed by atoms with Crippen molar-refractivity contribution >= 4 is 23.2 Å². The molecule has 0 amide bonds. The Labute approximate surface area is 375 Å². The number of carbonyl (C=O) groups excluding carboxylic acids is 2. The maximum atomic E-state index is 13.3. The number of carbonyl (C=O) groups is 2. The van der Waals surface area contributed by atoms with Crippen molar-refractivity contribution in [3.05, 3.63) is 57.7 Å². The van der Waals surface area contributed by atoms with Gasteiger partial charge in [0.15, 0.2) is 34.9 Å². The summed E-state index contributed by atoms with van der Waals surface area (Å²) in [5.74, 6) is 2.32. The van der Waals surface area contributed by atoms with E-state index in [1.54, 1.807) is 0 Å². The first-order valence-electron chi connectivity index (χ1n) is 24.6. The van der Waals surface area contributed by atoms with E-state index in [0.29, 0.717) is 23.7 Å². The maximum absolute atomic E-state index is 13.3. The number of Topliss-reactive ketones (excluding diaryl/α,β-unsaturated/α-hetero) is 2. The van der Waals surface area contributed by atoms with E-state index in [1.807, 2.05) is 19.9 Å². The number of fused-ring (bicyclic) bond motifs is 18. The van der Waals surface area contributed by atoms with Crippen LogP contribution in [0.15, 0.2) is 24.3 Å². The molecule has 8 aliphatic carbocycles. The molecule has 2 aromatic rings. The lowest BCUT2D eigenvalue weighted by atomic mass is 9.32. The Kier molecular flexibility index (Phi) is 8.31. The van der Waals surface area contributed by atoms with Gasteiger partial charge in [0.25, 0.3) is 0 Å². The zero-order valence-electron chi connectivity index (χ0n) is 40.1. The van der Waals surface area contributed by atoms with Gasteiger partial charge in [0.2, 0.25) is 0 Å². The van der Waals surface area contributed by atoms with Gasteiger partial charge in [0, 0.05) is 57.1 Å². The second-order valence-corrected chi connectivity index (χ2v) is 25.1. The van der Waals surface area contributed by atoms with E-state index >= 15 is 0 Å². The molecule has 1 aliphatic heterocycles. The summed E-state index contributed by atoms with van der Waals surface area (Å²) in [6.07, 6.45) is 14.4. The normalized spacial score (nSPS) is 48.7. The Balaban J connectivity index is 1.05. The Morgan fingerprint density at radius 1 is 0.762 bits per heavy atom. The number of allylic oxidation sites excluding steroid dienone is 3. The summed E-state index contributed by atoms with van der Waals surface area (Å²) in [4.78, 5) is 26.6. The van der Waals surface area contributed by atoms with Gasteiger partial charge in [-0.3, -0.25) is 9.59 Å². The molecule has 1 heterocycles. The fraction of sp³-hybridized carbons (Fsp3) is 0.679. The lowest BCUT2D eigenvalue weighted by Crippen LogP contribution is -2.69. The molecular formula is C56H72O7. The predicted octanol–water partition coefficient (Wildman–Crippen LogP) is 11.9. The van der Waals surface area contributed by atoms with E-state index in [9.17, 15) is 24.9 Å². The fourth-order valence-corrected chi connectivity index (χ4v) is 18.3. The first-order chi connectivity index (χ1) is 29.3. The lowest BCUT2D eigenvalue weighted by Gasteiger charge is -2.72. The highest BCUT2D eigenvalue weighted by atomic mass is 16.6. The van der Waals surface area contributed by atoms with Crippen LogP contribution in [0.2, 0.25) is 0 Å². The second-order valence-electron chi connectivity index (χ2n) is 25.1. The molecule has 338 valence electrons. The molecule has 0 radical (unpaired) electrons. The molecule has 0 aromatic heterocycles. The van der Waals surface area contributed by atoms with E-state index in [4.69, 9.17) is 9.47 Å². The van der Waals surface area contributed by atoms with E-state index in [1.165, 1.54) is 11.1 Å². The van der Waals surface area contributed by atoms with Crippen LogP contribution in [0.25, 0.3) is 11.6 Å². The molecular weight excluding hydrogens is 785 g/mol. The summed E-state index contributed by atoms with van der Waals surface area (Å²) in [5, 5.41) is 34.3. The van der Waals surface area contributed by atoms with Gasteiger partial charge in [0.1, 0.15) is 18.0 Å². The number of phenols is 2. The molecule has 2 aromatic carbocycles. The van der Waals surface area contributed by atoms with Crippen LogP contribution in [-0.2, 0) is 15.0 Å². The Morgan fingerprint density at radius 3 is 2.19 bits per heavy atom. The van der Waals surface area contributed by atoms with Crippen LogP contribution in [0, 0.1) is 81.3 Å². The molecule has 0 bridgehead atoms. The van der Waals surface area contributed by atoms with E-state index in [2.05, 4.69) is 93.5 Å². The van der Waals surface area contributed by atoms with Gasteiger partial charge in [-0.15, -0.1) is 0 Å². The summed E-state index contributed by atoms with van der Waals surface area (Å²) in [6, 6.07) is 4.13. The summed E-state index contributed by atoms with van der Waals surface area (Å²) in [5.41, 5.74) is 5.77. The number of rotatable bonds is 0. The number of ether oxygens (including phenoxy) is 2. The Morgan fingerprint density at radius 2 is 1.46 bits per heavy atom. The van der Waals surface area contributed by atoms with Crippen LogP contribution in [0.4, 0.5) is 0 Å². The summed E-state index contributed by atoms with van der Waals surface area (Å²) >= 11 is 0. The van der Waals surface area contributed by atoms with Gasteiger partial charge in [-0.1, -0.05) is 87.5 Å². The third-order valence-electron chi connectivity index (χ3n) is 22.8. The third kappa shape index (κ3) is 4.68. The lowest BCUT2D eigenvalue weighted by molar-refractivity contribution is -0.230. The molecule has 9 aliphatic rings. The third-order valence-corrected chi connectivity index (χ3v) is 22.8. The summed E-state index contributed by atoms with van der Waals surface area (Å²) in [6.45, 7) is 27.7. The van der Waals surface area contributed by atoms with Crippen molar-refractivity contribution in [3.8, 4) is 23.0 Å². The number of ketones is 2. The number of aliphatic hydroxyl groups is 1. The molecule has 16 atom stereocenters. The number of hydrogen-bond donors (Lipinski definition) is 3. The van der Waals surface area contributed by atoms with Crippen molar-refractivity contribution in [3.63, 3.8) is 0 Å². The van der Waals surface area contributed by atoms with Crippen LogP contribution in [0.1, 0.15) is 173 Å². The van der Waals surface area contributed by atoms with E-state index in [-0.39, 0.29) is 85.0 Å². The van der Waals surface area contributed by atoms with Gasteiger partial charge in [-0.25, -0.2) is 0 Å². The first-order valence-corrected chi connectivity index (χ1v) is 24.6. The van der Waals surface area contributed by atoms with Gasteiger partial charge in [0.05, 0.1) is 0 Å². The Bertz CT molecular complexity index is 2500. The fourth-order valence-electron chi connectivity index (χ4n) is 18.3. The standard InChI is InChI=1S/C56H72O7/c1-28-23-39-49(5,27-37(28)58)17-20-55(11)47-46-45(41-31(4)43(60)36(57)26-35(41)50(47,6)18-21-53(39,55)9)63-44-30(3)32-13-15-52(8)34(33(32)25-38(44)62-46)14-16-54(10)40-24-29(2)42(59)48(61)51(40,7)19-22-56(52,54)12/h13-15,25-26,28-29,39-40,45-48,57,60-61H,16-24,27H2,1-12H3/t28-,29-,39-,40-,45-,46-,47+,48-,49+,50+,51-,52-,53+,54+,55-,56-/m1/s1. The number of aliphatic hydroxyl groups excluding tert-OH is 1. The van der Waals surface area contributed by atoms with Crippen LogP contribution in [0.3, 0.4) is 0 Å². The van der Waals surface area contributed by atoms with Gasteiger partial charge >= 0.3 is 0 Å². The molecule has 0 unspecified atom stereocenters. The molecule has 7 heteroatoms. The molecule has 3 N–H and O–H groups in total. The van der Waals surface area contributed by atoms with Crippen LogP contribution in [-0.4, -0.2) is 39.1 Å². The molecule has 7 nitrogen and oxygen atoms in total. The minimum absolute atomic E-state index is 0.0103. The van der Waals surface area contributed by atoms with Crippen LogP contribution < -0.4 is 9.47 Å². The van der Waals surface area contributed by atoms with Gasteiger partial charge < -0.3 is 24.8 Å². The molecule has 5 fully saturated rings. The molecule has 63 heavy (non-hydrogen) atoms. The number of aromatic hydroxyl groups is 2. The molecule has 5 saturated carbocycles.